The van der Waals surface area contributed by atoms with Gasteiger partial charge < -0.3 is 16.0 Å². The third-order valence-corrected chi connectivity index (χ3v) is 2.03. The van der Waals surface area contributed by atoms with Crippen LogP contribution < -0.4 is 16.0 Å². The van der Waals surface area contributed by atoms with E-state index < -0.39 is 5.91 Å². The van der Waals surface area contributed by atoms with Crippen molar-refractivity contribution in [2.75, 3.05) is 25.0 Å². The lowest BCUT2D eigenvalue weighted by Gasteiger charge is -2.05. The normalized spacial score (nSPS) is 9.67. The summed E-state index contributed by atoms with van der Waals surface area (Å²) in [6.07, 6.45) is 2.84. The second-order valence-electron chi connectivity index (χ2n) is 3.45. The van der Waals surface area contributed by atoms with E-state index in [4.69, 9.17) is 0 Å². The largest absolute Gasteiger partial charge is 0.369 e. The number of amides is 2. The number of aromatic nitrogens is 2. The Morgan fingerprint density at radius 2 is 1.89 bits per heavy atom. The second kappa shape index (κ2) is 7.21. The van der Waals surface area contributed by atoms with E-state index in [0.29, 0.717) is 12.4 Å². The molecule has 1 aromatic rings. The van der Waals surface area contributed by atoms with Gasteiger partial charge in [0.25, 0.3) is 5.91 Å². The Labute approximate surface area is 105 Å². The number of rotatable bonds is 6. The van der Waals surface area contributed by atoms with Gasteiger partial charge in [-0.25, -0.2) is 9.97 Å². The minimum atomic E-state index is -0.420. The lowest BCUT2D eigenvalue weighted by molar-refractivity contribution is -0.120. The van der Waals surface area contributed by atoms with Crippen LogP contribution in [-0.4, -0.2) is 41.4 Å². The van der Waals surface area contributed by atoms with Crippen LogP contribution in [-0.2, 0) is 4.79 Å². The van der Waals surface area contributed by atoms with Crippen LogP contribution in [0.5, 0.6) is 0 Å². The Hall–Kier alpha value is -2.18. The first-order valence-corrected chi connectivity index (χ1v) is 5.78. The molecule has 2 amide bonds. The zero-order valence-electron chi connectivity index (χ0n) is 10.5. The molecule has 1 rings (SSSR count). The molecule has 0 bridgehead atoms. The van der Waals surface area contributed by atoms with Gasteiger partial charge in [-0.15, -0.1) is 0 Å². The summed E-state index contributed by atoms with van der Waals surface area (Å²) in [5.41, 5.74) is 0.181. The standard InChI is InChI=1S/C11H17N5O2/c1-3-12-9-6-14-8(5-15-9)11(18)16-7-10(17)13-4-2/h5-6H,3-4,7H2,1-2H3,(H,12,15)(H,13,17)(H,16,18). The Bertz CT molecular complexity index is 404. The highest BCUT2D eigenvalue weighted by molar-refractivity contribution is 5.94. The smallest absolute Gasteiger partial charge is 0.271 e. The lowest BCUT2D eigenvalue weighted by Crippen LogP contribution is -2.37. The van der Waals surface area contributed by atoms with Gasteiger partial charge in [0.15, 0.2) is 0 Å². The highest BCUT2D eigenvalue weighted by Crippen LogP contribution is 2.00. The molecule has 0 saturated carbocycles. The quantitative estimate of drug-likeness (QED) is 0.649. The van der Waals surface area contributed by atoms with Gasteiger partial charge in [-0.2, -0.15) is 0 Å². The number of likely N-dealkylation sites (N-methyl/N-ethyl adjacent to an activating group) is 1. The van der Waals surface area contributed by atoms with Gasteiger partial charge in [-0.1, -0.05) is 0 Å². The van der Waals surface area contributed by atoms with Crippen molar-refractivity contribution >= 4 is 17.6 Å². The number of nitrogens with zero attached hydrogens (tertiary/aromatic N) is 2. The molecule has 0 saturated heterocycles. The van der Waals surface area contributed by atoms with Crippen LogP contribution in [0.4, 0.5) is 5.82 Å². The zero-order valence-corrected chi connectivity index (χ0v) is 10.5. The third-order valence-electron chi connectivity index (χ3n) is 2.03. The number of carbonyl (C=O) groups is 2. The molecule has 7 heteroatoms. The molecule has 98 valence electrons. The number of carbonyl (C=O) groups excluding carboxylic acids is 2. The van der Waals surface area contributed by atoms with Crippen molar-refractivity contribution in [3.63, 3.8) is 0 Å². The fourth-order valence-corrected chi connectivity index (χ4v) is 1.23. The van der Waals surface area contributed by atoms with Crippen molar-refractivity contribution in [1.29, 1.82) is 0 Å². The van der Waals surface area contributed by atoms with Crippen molar-refractivity contribution < 1.29 is 9.59 Å². The molecule has 1 aromatic heterocycles. The Morgan fingerprint density at radius 3 is 2.44 bits per heavy atom. The molecule has 0 atom stereocenters. The molecule has 0 unspecified atom stereocenters. The maximum absolute atomic E-state index is 11.6. The van der Waals surface area contributed by atoms with E-state index in [9.17, 15) is 9.59 Å². The molecule has 18 heavy (non-hydrogen) atoms. The summed E-state index contributed by atoms with van der Waals surface area (Å²) < 4.78 is 0. The monoisotopic (exact) mass is 251 g/mol. The van der Waals surface area contributed by atoms with Gasteiger partial charge in [0.1, 0.15) is 11.5 Å². The predicted octanol–water partition coefficient (Wildman–Crippen LogP) is -0.226. The minimum Gasteiger partial charge on any atom is -0.369 e. The molecule has 7 nitrogen and oxygen atoms in total. The van der Waals surface area contributed by atoms with Crippen molar-refractivity contribution in [1.82, 2.24) is 20.6 Å². The van der Waals surface area contributed by atoms with E-state index in [1.807, 2.05) is 13.8 Å². The molecule has 1 heterocycles. The summed E-state index contributed by atoms with van der Waals surface area (Å²) in [4.78, 5) is 30.7. The maximum Gasteiger partial charge on any atom is 0.271 e. The Balaban J connectivity index is 2.48. The van der Waals surface area contributed by atoms with Crippen molar-refractivity contribution in [2.45, 2.75) is 13.8 Å². The molecule has 0 aliphatic rings. The van der Waals surface area contributed by atoms with Gasteiger partial charge in [0.05, 0.1) is 18.9 Å². The van der Waals surface area contributed by atoms with E-state index >= 15 is 0 Å². The summed E-state index contributed by atoms with van der Waals surface area (Å²) in [6, 6.07) is 0. The molecule has 0 aromatic carbocycles. The van der Waals surface area contributed by atoms with E-state index in [1.165, 1.54) is 12.4 Å². The predicted molar refractivity (Wildman–Crippen MR) is 67.2 cm³/mol. The summed E-state index contributed by atoms with van der Waals surface area (Å²) in [6.45, 7) is 4.95. The SMILES string of the molecule is CCNC(=O)CNC(=O)c1cnc(NCC)cn1. The van der Waals surface area contributed by atoms with Gasteiger partial charge >= 0.3 is 0 Å². The highest BCUT2D eigenvalue weighted by Gasteiger charge is 2.09. The van der Waals surface area contributed by atoms with Gasteiger partial charge in [0, 0.05) is 13.1 Å². The molecular formula is C11H17N5O2. The van der Waals surface area contributed by atoms with E-state index in [0.717, 1.165) is 6.54 Å². The number of anilines is 1. The zero-order chi connectivity index (χ0) is 13.4. The van der Waals surface area contributed by atoms with Crippen LogP contribution >= 0.6 is 0 Å². The van der Waals surface area contributed by atoms with Crippen molar-refractivity contribution in [3.8, 4) is 0 Å². The second-order valence-corrected chi connectivity index (χ2v) is 3.45. The van der Waals surface area contributed by atoms with Crippen LogP contribution in [0.25, 0.3) is 0 Å². The van der Waals surface area contributed by atoms with E-state index in [2.05, 4.69) is 25.9 Å². The van der Waals surface area contributed by atoms with Gasteiger partial charge in [0.2, 0.25) is 5.91 Å². The van der Waals surface area contributed by atoms with Crippen LogP contribution in [0.15, 0.2) is 12.4 Å². The Kier molecular flexibility index (Phi) is 5.56. The third kappa shape index (κ3) is 4.36. The highest BCUT2D eigenvalue weighted by atomic mass is 16.2. The van der Waals surface area contributed by atoms with Crippen molar-refractivity contribution in [3.05, 3.63) is 18.1 Å². The number of hydrogen-bond acceptors (Lipinski definition) is 5. The average Bonchev–Trinajstić information content (AvgIpc) is 2.37. The first kappa shape index (κ1) is 13.9. The molecule has 0 aliphatic heterocycles. The molecule has 0 aliphatic carbocycles. The molecular weight excluding hydrogens is 234 g/mol. The lowest BCUT2D eigenvalue weighted by atomic mass is 10.4. The fourth-order valence-electron chi connectivity index (χ4n) is 1.23. The van der Waals surface area contributed by atoms with Gasteiger partial charge in [-0.3, -0.25) is 9.59 Å². The first-order valence-electron chi connectivity index (χ1n) is 5.78. The maximum atomic E-state index is 11.6. The van der Waals surface area contributed by atoms with Crippen LogP contribution in [0.2, 0.25) is 0 Å². The molecule has 0 spiro atoms. The summed E-state index contributed by atoms with van der Waals surface area (Å²) in [5, 5.41) is 8.01. The molecule has 0 radical (unpaired) electrons. The van der Waals surface area contributed by atoms with Gasteiger partial charge in [-0.05, 0) is 13.8 Å². The molecule has 0 fully saturated rings. The van der Waals surface area contributed by atoms with Crippen LogP contribution in [0.1, 0.15) is 24.3 Å². The average molecular weight is 251 g/mol. The summed E-state index contributed by atoms with van der Waals surface area (Å²) in [5.74, 6) is -0.0438. The molecule has 3 N–H and O–H groups in total. The van der Waals surface area contributed by atoms with Crippen molar-refractivity contribution in [2.24, 2.45) is 0 Å². The van der Waals surface area contributed by atoms with Crippen LogP contribution in [0.3, 0.4) is 0 Å². The number of nitrogens with one attached hydrogen (secondary N) is 3. The summed E-state index contributed by atoms with van der Waals surface area (Å²) in [7, 11) is 0. The fraction of sp³-hybridized carbons (Fsp3) is 0.455. The summed E-state index contributed by atoms with van der Waals surface area (Å²) >= 11 is 0. The first-order chi connectivity index (χ1) is 8.67. The topological polar surface area (TPSA) is 96.0 Å². The number of hydrogen-bond donors (Lipinski definition) is 3. The van der Waals surface area contributed by atoms with Crippen LogP contribution in [0, 0.1) is 0 Å². The van der Waals surface area contributed by atoms with E-state index in [-0.39, 0.29) is 18.1 Å². The Morgan fingerprint density at radius 1 is 1.11 bits per heavy atom. The van der Waals surface area contributed by atoms with E-state index in [1.54, 1.807) is 0 Å². The minimum absolute atomic E-state index is 0.0662.